The average molecular weight is 445 g/mol. The van der Waals surface area contributed by atoms with Crippen LogP contribution in [0.2, 0.25) is 0 Å². The molecule has 0 radical (unpaired) electrons. The van der Waals surface area contributed by atoms with Crippen LogP contribution in [0.5, 0.6) is 5.75 Å². The van der Waals surface area contributed by atoms with Gasteiger partial charge in [-0.25, -0.2) is 0 Å². The molecule has 1 saturated heterocycles. The summed E-state index contributed by atoms with van der Waals surface area (Å²) < 4.78 is 50.3. The maximum Gasteiger partial charge on any atom is 0.418 e. The number of para-hydroxylation sites is 1. The first kappa shape index (κ1) is 23.3. The maximum absolute atomic E-state index is 13.1. The minimum absolute atomic E-state index is 0.317. The van der Waals surface area contributed by atoms with E-state index in [0.29, 0.717) is 17.9 Å². The van der Waals surface area contributed by atoms with Gasteiger partial charge in [0.15, 0.2) is 0 Å². The third kappa shape index (κ3) is 6.57. The summed E-state index contributed by atoms with van der Waals surface area (Å²) in [5.41, 5.74) is -1.16. The normalized spacial score (nSPS) is 15.1. The fourth-order valence-corrected chi connectivity index (χ4v) is 3.12. The zero-order valence-corrected chi connectivity index (χ0v) is 17.2. The molecule has 0 bridgehead atoms. The van der Waals surface area contributed by atoms with Crippen molar-refractivity contribution in [3.05, 3.63) is 65.2 Å². The molecule has 0 aliphatic carbocycles. The van der Waals surface area contributed by atoms with Crippen LogP contribution in [0, 0.1) is 11.3 Å². The molecule has 0 atom stereocenters. The van der Waals surface area contributed by atoms with Crippen molar-refractivity contribution in [2.45, 2.75) is 6.18 Å². The predicted molar refractivity (Wildman–Crippen MR) is 113 cm³/mol. The van der Waals surface area contributed by atoms with Crippen LogP contribution in [0.3, 0.4) is 0 Å². The fraction of sp³-hybridized carbons (Fsp3) is 0.304. The summed E-state index contributed by atoms with van der Waals surface area (Å²) >= 11 is 0. The van der Waals surface area contributed by atoms with Crippen LogP contribution in [-0.4, -0.2) is 50.3 Å². The molecule has 3 rings (SSSR count). The number of halogens is 3. The van der Waals surface area contributed by atoms with Crippen LogP contribution in [-0.2, 0) is 15.7 Å². The zero-order chi connectivity index (χ0) is 23.0. The number of nitrogens with zero attached hydrogens (tertiary/aromatic N) is 2. The Bertz CT molecular complexity index is 992. The minimum atomic E-state index is -4.63. The Hall–Kier alpha value is -3.35. The number of nitriles is 1. The Kier molecular flexibility index (Phi) is 7.87. The van der Waals surface area contributed by atoms with E-state index in [1.165, 1.54) is 18.2 Å². The number of hydrogen-bond donors (Lipinski definition) is 1. The first-order valence-corrected chi connectivity index (χ1v) is 9.99. The molecule has 2 aromatic carbocycles. The van der Waals surface area contributed by atoms with Crippen molar-refractivity contribution in [3.8, 4) is 11.8 Å². The van der Waals surface area contributed by atoms with E-state index in [-0.39, 0.29) is 5.57 Å². The average Bonchev–Trinajstić information content (AvgIpc) is 2.79. The molecule has 1 fully saturated rings. The number of carbonyl (C=O) groups excluding carboxylic acids is 1. The van der Waals surface area contributed by atoms with Crippen LogP contribution in [0.4, 0.5) is 18.9 Å². The molecule has 1 heterocycles. The van der Waals surface area contributed by atoms with Gasteiger partial charge in [0.1, 0.15) is 24.0 Å². The molecule has 168 valence electrons. The number of nitrogens with one attached hydrogen (secondary N) is 1. The second kappa shape index (κ2) is 10.8. The van der Waals surface area contributed by atoms with E-state index in [0.717, 1.165) is 45.0 Å². The van der Waals surface area contributed by atoms with Crippen molar-refractivity contribution in [2.24, 2.45) is 0 Å². The minimum Gasteiger partial charge on any atom is -0.492 e. The summed E-state index contributed by atoms with van der Waals surface area (Å²) in [6, 6.07) is 13.1. The topological polar surface area (TPSA) is 74.6 Å². The Morgan fingerprint density at radius 1 is 1.16 bits per heavy atom. The molecule has 1 aliphatic rings. The van der Waals surface area contributed by atoms with Gasteiger partial charge in [-0.2, -0.15) is 18.4 Å². The van der Waals surface area contributed by atoms with Gasteiger partial charge in [0.2, 0.25) is 0 Å². The van der Waals surface area contributed by atoms with Crippen LogP contribution >= 0.6 is 0 Å². The van der Waals surface area contributed by atoms with Crippen molar-refractivity contribution in [3.63, 3.8) is 0 Å². The van der Waals surface area contributed by atoms with Gasteiger partial charge in [0, 0.05) is 19.6 Å². The lowest BCUT2D eigenvalue weighted by Gasteiger charge is -2.26. The molecule has 0 saturated carbocycles. The van der Waals surface area contributed by atoms with Crippen LogP contribution < -0.4 is 10.1 Å². The quantitative estimate of drug-likeness (QED) is 0.516. The number of hydrogen-bond acceptors (Lipinski definition) is 5. The van der Waals surface area contributed by atoms with Crippen molar-refractivity contribution in [1.29, 1.82) is 5.26 Å². The van der Waals surface area contributed by atoms with Crippen molar-refractivity contribution in [2.75, 3.05) is 44.8 Å². The Labute approximate surface area is 183 Å². The number of carbonyl (C=O) groups is 1. The highest BCUT2D eigenvalue weighted by Gasteiger charge is 2.33. The van der Waals surface area contributed by atoms with E-state index in [1.807, 2.05) is 0 Å². The highest BCUT2D eigenvalue weighted by atomic mass is 19.4. The second-order valence-electron chi connectivity index (χ2n) is 7.04. The first-order chi connectivity index (χ1) is 15.4. The van der Waals surface area contributed by atoms with Gasteiger partial charge < -0.3 is 14.8 Å². The summed E-state index contributed by atoms with van der Waals surface area (Å²) in [5, 5.41) is 11.5. The van der Waals surface area contributed by atoms with Gasteiger partial charge in [0.25, 0.3) is 5.91 Å². The lowest BCUT2D eigenvalue weighted by Crippen LogP contribution is -2.38. The molecular formula is C23H22F3N3O3. The predicted octanol–water partition coefficient (Wildman–Crippen LogP) is 3.96. The van der Waals surface area contributed by atoms with Crippen molar-refractivity contribution in [1.82, 2.24) is 4.90 Å². The second-order valence-corrected chi connectivity index (χ2v) is 7.04. The van der Waals surface area contributed by atoms with E-state index >= 15 is 0 Å². The lowest BCUT2D eigenvalue weighted by molar-refractivity contribution is -0.137. The van der Waals surface area contributed by atoms with Gasteiger partial charge in [-0.05, 0) is 35.9 Å². The number of morpholine rings is 1. The van der Waals surface area contributed by atoms with Crippen LogP contribution in [0.15, 0.2) is 54.1 Å². The zero-order valence-electron chi connectivity index (χ0n) is 17.2. The van der Waals surface area contributed by atoms with E-state index in [1.54, 1.807) is 30.3 Å². The summed E-state index contributed by atoms with van der Waals surface area (Å²) in [6.07, 6.45) is -3.32. The highest BCUT2D eigenvalue weighted by Crippen LogP contribution is 2.34. The number of rotatable bonds is 7. The molecule has 1 N–H and O–H groups in total. The molecule has 1 amide bonds. The number of alkyl halides is 3. The van der Waals surface area contributed by atoms with Gasteiger partial charge in [-0.3, -0.25) is 9.69 Å². The van der Waals surface area contributed by atoms with Gasteiger partial charge >= 0.3 is 6.18 Å². The Balaban J connectivity index is 1.61. The molecule has 6 nitrogen and oxygen atoms in total. The molecule has 32 heavy (non-hydrogen) atoms. The van der Waals surface area contributed by atoms with Gasteiger partial charge in [0.05, 0.1) is 24.5 Å². The van der Waals surface area contributed by atoms with Crippen molar-refractivity contribution < 1.29 is 27.4 Å². The molecule has 1 aliphatic heterocycles. The third-order valence-corrected chi connectivity index (χ3v) is 4.82. The van der Waals surface area contributed by atoms with E-state index < -0.39 is 23.3 Å². The monoisotopic (exact) mass is 445 g/mol. The first-order valence-electron chi connectivity index (χ1n) is 9.99. The van der Waals surface area contributed by atoms with Crippen LogP contribution in [0.1, 0.15) is 11.1 Å². The largest absolute Gasteiger partial charge is 0.492 e. The summed E-state index contributed by atoms with van der Waals surface area (Å²) in [4.78, 5) is 14.6. The summed E-state index contributed by atoms with van der Waals surface area (Å²) in [5.74, 6) is -0.285. The number of anilines is 1. The molecule has 9 heteroatoms. The molecule has 0 aromatic heterocycles. The van der Waals surface area contributed by atoms with E-state index in [4.69, 9.17) is 9.47 Å². The third-order valence-electron chi connectivity index (χ3n) is 4.82. The number of benzene rings is 2. The lowest BCUT2D eigenvalue weighted by atomic mass is 10.1. The molecule has 0 spiro atoms. The molecule has 0 unspecified atom stereocenters. The molecular weight excluding hydrogens is 423 g/mol. The number of amides is 1. The summed E-state index contributed by atoms with van der Waals surface area (Å²) in [6.45, 7) is 4.48. The van der Waals surface area contributed by atoms with Gasteiger partial charge in [-0.15, -0.1) is 0 Å². The Morgan fingerprint density at radius 2 is 1.84 bits per heavy atom. The molecule has 2 aromatic rings. The smallest absolute Gasteiger partial charge is 0.418 e. The Morgan fingerprint density at radius 3 is 2.50 bits per heavy atom. The maximum atomic E-state index is 13.1. The van der Waals surface area contributed by atoms with Crippen molar-refractivity contribution >= 4 is 17.7 Å². The van der Waals surface area contributed by atoms with E-state index in [9.17, 15) is 23.2 Å². The standard InChI is InChI=1S/C23H22F3N3O3/c24-23(25,26)20-3-1-2-4-21(20)28-22(30)18(16-27)15-17-5-7-19(8-6-17)32-14-11-29-9-12-31-13-10-29/h1-8,15H,9-14H2,(H,28,30). The highest BCUT2D eigenvalue weighted by molar-refractivity contribution is 6.10. The van der Waals surface area contributed by atoms with E-state index in [2.05, 4.69) is 10.2 Å². The SMILES string of the molecule is N#CC(=Cc1ccc(OCCN2CCOCC2)cc1)C(=O)Nc1ccccc1C(F)(F)F. The summed E-state index contributed by atoms with van der Waals surface area (Å²) in [7, 11) is 0. The van der Waals surface area contributed by atoms with Gasteiger partial charge in [-0.1, -0.05) is 24.3 Å². The fourth-order valence-electron chi connectivity index (χ4n) is 3.12. The number of ether oxygens (including phenoxy) is 2. The van der Waals surface area contributed by atoms with Crippen LogP contribution in [0.25, 0.3) is 6.08 Å².